The van der Waals surface area contributed by atoms with Crippen LogP contribution in [0.4, 0.5) is 0 Å². The van der Waals surface area contributed by atoms with Crippen molar-refractivity contribution in [3.05, 3.63) is 53.6 Å². The van der Waals surface area contributed by atoms with Crippen molar-refractivity contribution in [1.29, 1.82) is 0 Å². The highest BCUT2D eigenvalue weighted by atomic mass is 127. The van der Waals surface area contributed by atoms with Crippen LogP contribution in [-0.4, -0.2) is 58.4 Å². The molecule has 3 rings (SSSR count). The van der Waals surface area contributed by atoms with Crippen LogP contribution in [0.1, 0.15) is 43.5 Å². The molecule has 2 atom stereocenters. The Morgan fingerprint density at radius 3 is 2.48 bits per heavy atom. The van der Waals surface area contributed by atoms with E-state index in [1.165, 1.54) is 0 Å². The molecule has 0 saturated carbocycles. The highest BCUT2D eigenvalue weighted by Gasteiger charge is 2.34. The van der Waals surface area contributed by atoms with Crippen LogP contribution in [0.15, 0.2) is 47.5 Å². The summed E-state index contributed by atoms with van der Waals surface area (Å²) in [6.45, 7) is 4.91. The van der Waals surface area contributed by atoms with E-state index in [-0.39, 0.29) is 41.7 Å². The number of fused-ring (bicyclic) bond motifs is 1. The number of para-hydroxylation sites is 1. The average molecular weight is 569 g/mol. The summed E-state index contributed by atoms with van der Waals surface area (Å²) in [6.07, 6.45) is 0.845. The molecular formula is C25H37IN4O3. The van der Waals surface area contributed by atoms with Gasteiger partial charge in [-0.15, -0.1) is 24.0 Å². The molecule has 2 aromatic rings. The van der Waals surface area contributed by atoms with E-state index in [9.17, 15) is 0 Å². The minimum absolute atomic E-state index is 0. The summed E-state index contributed by atoms with van der Waals surface area (Å²) in [4.78, 5) is 6.65. The summed E-state index contributed by atoms with van der Waals surface area (Å²) in [5.74, 6) is 3.13. The topological polar surface area (TPSA) is 67.4 Å². The van der Waals surface area contributed by atoms with Crippen molar-refractivity contribution in [2.75, 3.05) is 41.9 Å². The first-order chi connectivity index (χ1) is 15.3. The number of likely N-dealkylation sites (N-methyl/N-ethyl adjacent to an activating group) is 1. The van der Waals surface area contributed by atoms with Gasteiger partial charge in [-0.05, 0) is 51.7 Å². The fourth-order valence-electron chi connectivity index (χ4n) is 4.14. The Labute approximate surface area is 214 Å². The maximum atomic E-state index is 6.16. The molecule has 182 valence electrons. The van der Waals surface area contributed by atoms with E-state index in [1.807, 2.05) is 30.3 Å². The second-order valence-electron chi connectivity index (χ2n) is 8.85. The first kappa shape index (κ1) is 27.0. The SMILES string of the molecule is CN=C(NCC(c1ccc(OC)c(OC)c1)N(C)C)NC1CC(C)(C)Oc2ccccc21.I. The fraction of sp³-hybridized carbons (Fsp3) is 0.480. The van der Waals surface area contributed by atoms with Gasteiger partial charge in [0.1, 0.15) is 11.4 Å². The monoisotopic (exact) mass is 568 g/mol. The van der Waals surface area contributed by atoms with Gasteiger partial charge in [0.15, 0.2) is 17.5 Å². The fourth-order valence-corrected chi connectivity index (χ4v) is 4.14. The summed E-state index contributed by atoms with van der Waals surface area (Å²) in [5.41, 5.74) is 2.03. The second kappa shape index (κ2) is 11.8. The van der Waals surface area contributed by atoms with Crippen molar-refractivity contribution >= 4 is 29.9 Å². The van der Waals surface area contributed by atoms with Crippen molar-refractivity contribution in [3.8, 4) is 17.2 Å². The molecule has 0 aliphatic carbocycles. The lowest BCUT2D eigenvalue weighted by atomic mass is 9.90. The minimum Gasteiger partial charge on any atom is -0.493 e. The van der Waals surface area contributed by atoms with Gasteiger partial charge in [-0.2, -0.15) is 0 Å². The highest BCUT2D eigenvalue weighted by Crippen LogP contribution is 2.39. The Morgan fingerprint density at radius 1 is 1.15 bits per heavy atom. The minimum atomic E-state index is -0.253. The third-order valence-corrected chi connectivity index (χ3v) is 5.79. The predicted octanol–water partition coefficient (Wildman–Crippen LogP) is 4.39. The Balaban J connectivity index is 0.00000385. The predicted molar refractivity (Wildman–Crippen MR) is 144 cm³/mol. The van der Waals surface area contributed by atoms with E-state index < -0.39 is 0 Å². The van der Waals surface area contributed by atoms with Gasteiger partial charge < -0.3 is 29.7 Å². The standard InChI is InChI=1S/C25H36N4O3.HI/c1-25(2)15-19(18-10-8-9-11-21(18)32-25)28-24(26-3)27-16-20(29(4)5)17-12-13-22(30-6)23(14-17)31-7;/h8-14,19-20H,15-16H2,1-7H3,(H2,26,27,28);1H. The number of ether oxygens (including phenoxy) is 3. The Kier molecular flexibility index (Phi) is 9.66. The first-order valence-electron chi connectivity index (χ1n) is 10.9. The smallest absolute Gasteiger partial charge is 0.191 e. The van der Waals surface area contributed by atoms with E-state index in [0.29, 0.717) is 6.54 Å². The zero-order valence-electron chi connectivity index (χ0n) is 20.6. The van der Waals surface area contributed by atoms with Crippen LogP contribution < -0.4 is 24.8 Å². The average Bonchev–Trinajstić information content (AvgIpc) is 2.77. The van der Waals surface area contributed by atoms with Crippen LogP contribution in [0, 0.1) is 0 Å². The maximum Gasteiger partial charge on any atom is 0.191 e. The number of halogens is 1. The van der Waals surface area contributed by atoms with E-state index in [2.05, 4.69) is 60.6 Å². The number of rotatable bonds is 7. The van der Waals surface area contributed by atoms with Gasteiger partial charge in [-0.25, -0.2) is 0 Å². The summed E-state index contributed by atoms with van der Waals surface area (Å²) >= 11 is 0. The number of nitrogens with one attached hydrogen (secondary N) is 2. The first-order valence-corrected chi connectivity index (χ1v) is 10.9. The van der Waals surface area contributed by atoms with E-state index in [1.54, 1.807) is 21.3 Å². The van der Waals surface area contributed by atoms with Gasteiger partial charge in [-0.1, -0.05) is 24.3 Å². The third kappa shape index (κ3) is 6.66. The van der Waals surface area contributed by atoms with Crippen molar-refractivity contribution in [2.24, 2.45) is 4.99 Å². The van der Waals surface area contributed by atoms with Crippen LogP contribution in [0.3, 0.4) is 0 Å². The summed E-state index contributed by atoms with van der Waals surface area (Å²) in [6, 6.07) is 14.5. The Bertz CT molecular complexity index is 949. The van der Waals surface area contributed by atoms with Gasteiger partial charge in [-0.3, -0.25) is 4.99 Å². The quantitative estimate of drug-likeness (QED) is 0.294. The molecule has 1 heterocycles. The highest BCUT2D eigenvalue weighted by molar-refractivity contribution is 14.0. The molecule has 1 aliphatic heterocycles. The van der Waals surface area contributed by atoms with Crippen molar-refractivity contribution in [1.82, 2.24) is 15.5 Å². The number of guanidine groups is 1. The van der Waals surface area contributed by atoms with E-state index in [0.717, 1.165) is 40.8 Å². The summed E-state index contributed by atoms with van der Waals surface area (Å²) < 4.78 is 17.0. The number of benzene rings is 2. The summed E-state index contributed by atoms with van der Waals surface area (Å²) in [5, 5.41) is 7.10. The molecule has 7 nitrogen and oxygen atoms in total. The summed E-state index contributed by atoms with van der Waals surface area (Å²) in [7, 11) is 9.23. The molecule has 2 aromatic carbocycles. The van der Waals surface area contributed by atoms with Crippen molar-refractivity contribution < 1.29 is 14.2 Å². The molecule has 0 saturated heterocycles. The molecule has 0 bridgehead atoms. The van der Waals surface area contributed by atoms with Gasteiger partial charge in [0, 0.05) is 25.6 Å². The van der Waals surface area contributed by atoms with Crippen LogP contribution in [0.2, 0.25) is 0 Å². The molecule has 0 fully saturated rings. The van der Waals surface area contributed by atoms with Crippen LogP contribution in [0.5, 0.6) is 17.2 Å². The largest absolute Gasteiger partial charge is 0.493 e. The molecule has 2 unspecified atom stereocenters. The number of nitrogens with zero attached hydrogens (tertiary/aromatic N) is 2. The molecule has 0 amide bonds. The van der Waals surface area contributed by atoms with Crippen LogP contribution in [0.25, 0.3) is 0 Å². The van der Waals surface area contributed by atoms with Crippen molar-refractivity contribution in [3.63, 3.8) is 0 Å². The molecule has 33 heavy (non-hydrogen) atoms. The number of aliphatic imine (C=N–C) groups is 1. The van der Waals surface area contributed by atoms with Gasteiger partial charge in [0.2, 0.25) is 0 Å². The Morgan fingerprint density at radius 2 is 1.85 bits per heavy atom. The van der Waals surface area contributed by atoms with Crippen LogP contribution >= 0.6 is 24.0 Å². The molecule has 8 heteroatoms. The van der Waals surface area contributed by atoms with E-state index >= 15 is 0 Å². The lowest BCUT2D eigenvalue weighted by Crippen LogP contribution is -2.46. The molecule has 0 spiro atoms. The molecule has 1 aliphatic rings. The molecule has 0 aromatic heterocycles. The lowest BCUT2D eigenvalue weighted by molar-refractivity contribution is 0.0694. The normalized spacial score (nSPS) is 17.8. The number of methoxy groups -OCH3 is 2. The van der Waals surface area contributed by atoms with E-state index in [4.69, 9.17) is 14.2 Å². The van der Waals surface area contributed by atoms with Crippen molar-refractivity contribution in [2.45, 2.75) is 38.0 Å². The molecule has 0 radical (unpaired) electrons. The van der Waals surface area contributed by atoms with Gasteiger partial charge in [0.05, 0.1) is 26.3 Å². The maximum absolute atomic E-state index is 6.16. The van der Waals surface area contributed by atoms with Gasteiger partial charge in [0.25, 0.3) is 0 Å². The lowest BCUT2D eigenvalue weighted by Gasteiger charge is -2.38. The van der Waals surface area contributed by atoms with Gasteiger partial charge >= 0.3 is 0 Å². The number of hydrogen-bond donors (Lipinski definition) is 2. The third-order valence-electron chi connectivity index (χ3n) is 5.79. The zero-order valence-corrected chi connectivity index (χ0v) is 23.0. The Hall–Kier alpha value is -2.20. The second-order valence-corrected chi connectivity index (χ2v) is 8.85. The zero-order chi connectivity index (χ0) is 23.3. The van der Waals surface area contributed by atoms with Crippen LogP contribution in [-0.2, 0) is 0 Å². The molecule has 2 N–H and O–H groups in total. The number of hydrogen-bond acceptors (Lipinski definition) is 5. The molecular weight excluding hydrogens is 531 g/mol.